The molecule has 3 rings (SSSR count). The maximum absolute atomic E-state index is 13.7. The molecule has 0 aliphatic heterocycles. The lowest BCUT2D eigenvalue weighted by Crippen LogP contribution is -2.02. The van der Waals surface area contributed by atoms with Gasteiger partial charge in [0.25, 0.3) is 0 Å². The Morgan fingerprint density at radius 3 is 2.62 bits per heavy atom. The van der Waals surface area contributed by atoms with E-state index in [9.17, 15) is 4.39 Å². The lowest BCUT2D eigenvalue weighted by molar-refractivity contribution is 0.629. The molecule has 0 spiro atoms. The minimum Gasteiger partial charge on any atom is -0.379 e. The maximum atomic E-state index is 13.7. The largest absolute Gasteiger partial charge is 0.379 e. The van der Waals surface area contributed by atoms with E-state index in [1.54, 1.807) is 16.9 Å². The third-order valence-corrected chi connectivity index (χ3v) is 3.31. The van der Waals surface area contributed by atoms with Crippen LogP contribution in [-0.4, -0.2) is 9.78 Å². The molecule has 3 nitrogen and oxygen atoms in total. The number of halogens is 1. The van der Waals surface area contributed by atoms with E-state index < -0.39 is 0 Å². The van der Waals surface area contributed by atoms with Crippen LogP contribution in [0.4, 0.5) is 10.1 Å². The highest BCUT2D eigenvalue weighted by atomic mass is 19.1. The Kier molecular flexibility index (Phi) is 3.69. The summed E-state index contributed by atoms with van der Waals surface area (Å²) >= 11 is 0. The molecule has 0 saturated carbocycles. The summed E-state index contributed by atoms with van der Waals surface area (Å²) in [4.78, 5) is 0. The standard InChI is InChI=1S/C17H16FN3/c1-13-3-8-17(16(18)11-13)19-12-14-4-6-15(7-5-14)21-10-2-9-20-21/h2-11,19H,12H2,1H3. The Morgan fingerprint density at radius 1 is 1.14 bits per heavy atom. The summed E-state index contributed by atoms with van der Waals surface area (Å²) in [5.74, 6) is -0.219. The predicted molar refractivity (Wildman–Crippen MR) is 82.0 cm³/mol. The third kappa shape index (κ3) is 3.11. The van der Waals surface area contributed by atoms with E-state index in [2.05, 4.69) is 10.4 Å². The Bertz CT molecular complexity index is 718. The summed E-state index contributed by atoms with van der Waals surface area (Å²) in [7, 11) is 0. The van der Waals surface area contributed by atoms with Crippen molar-refractivity contribution in [3.8, 4) is 5.69 Å². The number of hydrogen-bond donors (Lipinski definition) is 1. The highest BCUT2D eigenvalue weighted by Gasteiger charge is 2.02. The second kappa shape index (κ2) is 5.79. The number of nitrogens with one attached hydrogen (secondary N) is 1. The zero-order valence-electron chi connectivity index (χ0n) is 11.8. The topological polar surface area (TPSA) is 29.9 Å². The van der Waals surface area contributed by atoms with Crippen LogP contribution < -0.4 is 5.32 Å². The molecule has 0 saturated heterocycles. The quantitative estimate of drug-likeness (QED) is 0.785. The van der Waals surface area contributed by atoms with Crippen LogP contribution in [0.5, 0.6) is 0 Å². The van der Waals surface area contributed by atoms with Crippen LogP contribution in [0.2, 0.25) is 0 Å². The van der Waals surface area contributed by atoms with Crippen molar-refractivity contribution in [2.75, 3.05) is 5.32 Å². The van der Waals surface area contributed by atoms with Gasteiger partial charge in [-0.1, -0.05) is 18.2 Å². The molecule has 0 aliphatic carbocycles. The minimum atomic E-state index is -0.219. The number of aryl methyl sites for hydroxylation is 1. The summed E-state index contributed by atoms with van der Waals surface area (Å²) in [6, 6.07) is 15.1. The van der Waals surface area contributed by atoms with Gasteiger partial charge in [-0.05, 0) is 48.4 Å². The van der Waals surface area contributed by atoms with Crippen LogP contribution in [-0.2, 0) is 6.54 Å². The summed E-state index contributed by atoms with van der Waals surface area (Å²) < 4.78 is 15.5. The van der Waals surface area contributed by atoms with Crippen LogP contribution in [0.15, 0.2) is 60.9 Å². The number of aromatic nitrogens is 2. The van der Waals surface area contributed by atoms with Crippen LogP contribution in [0, 0.1) is 12.7 Å². The molecule has 106 valence electrons. The van der Waals surface area contributed by atoms with Crippen molar-refractivity contribution in [1.29, 1.82) is 0 Å². The van der Waals surface area contributed by atoms with Crippen molar-refractivity contribution in [2.45, 2.75) is 13.5 Å². The number of anilines is 1. The summed E-state index contributed by atoms with van der Waals surface area (Å²) in [5, 5.41) is 7.29. The maximum Gasteiger partial charge on any atom is 0.146 e. The Labute approximate surface area is 123 Å². The fourth-order valence-corrected chi connectivity index (χ4v) is 2.15. The first kappa shape index (κ1) is 13.4. The van der Waals surface area contributed by atoms with E-state index in [1.807, 2.05) is 49.5 Å². The van der Waals surface area contributed by atoms with E-state index >= 15 is 0 Å². The molecule has 3 aromatic rings. The van der Waals surface area contributed by atoms with Crippen molar-refractivity contribution >= 4 is 5.69 Å². The highest BCUT2D eigenvalue weighted by molar-refractivity contribution is 5.47. The van der Waals surface area contributed by atoms with Gasteiger partial charge in [0.1, 0.15) is 5.82 Å². The van der Waals surface area contributed by atoms with Gasteiger partial charge in [0.2, 0.25) is 0 Å². The molecule has 1 aromatic heterocycles. The van der Waals surface area contributed by atoms with Crippen LogP contribution in [0.25, 0.3) is 5.69 Å². The van der Waals surface area contributed by atoms with Crippen molar-refractivity contribution in [1.82, 2.24) is 9.78 Å². The fourth-order valence-electron chi connectivity index (χ4n) is 2.15. The van der Waals surface area contributed by atoms with Gasteiger partial charge < -0.3 is 5.32 Å². The number of nitrogens with zero attached hydrogens (tertiary/aromatic N) is 2. The van der Waals surface area contributed by atoms with Gasteiger partial charge in [0.15, 0.2) is 0 Å². The van der Waals surface area contributed by atoms with Crippen LogP contribution >= 0.6 is 0 Å². The van der Waals surface area contributed by atoms with Gasteiger partial charge in [-0.15, -0.1) is 0 Å². The first-order valence-corrected chi connectivity index (χ1v) is 6.81. The van der Waals surface area contributed by atoms with Crippen LogP contribution in [0.1, 0.15) is 11.1 Å². The SMILES string of the molecule is Cc1ccc(NCc2ccc(-n3cccn3)cc2)c(F)c1. The van der Waals surface area contributed by atoms with Crippen LogP contribution in [0.3, 0.4) is 0 Å². The van der Waals surface area contributed by atoms with Gasteiger partial charge in [0, 0.05) is 18.9 Å². The molecular formula is C17H16FN3. The molecule has 0 aliphatic rings. The Balaban J connectivity index is 1.68. The van der Waals surface area contributed by atoms with E-state index in [0.717, 1.165) is 16.8 Å². The van der Waals surface area contributed by atoms with Gasteiger partial charge in [-0.3, -0.25) is 0 Å². The van der Waals surface area contributed by atoms with Crippen molar-refractivity contribution in [2.24, 2.45) is 0 Å². The zero-order valence-corrected chi connectivity index (χ0v) is 11.8. The average molecular weight is 281 g/mol. The molecule has 21 heavy (non-hydrogen) atoms. The molecule has 4 heteroatoms. The summed E-state index contributed by atoms with van der Waals surface area (Å²) in [5.41, 5.74) is 3.54. The zero-order chi connectivity index (χ0) is 14.7. The molecule has 0 radical (unpaired) electrons. The summed E-state index contributed by atoms with van der Waals surface area (Å²) in [6.45, 7) is 2.46. The van der Waals surface area contributed by atoms with Crippen molar-refractivity contribution < 1.29 is 4.39 Å². The lowest BCUT2D eigenvalue weighted by atomic mass is 10.2. The van der Waals surface area contributed by atoms with Crippen molar-refractivity contribution in [3.63, 3.8) is 0 Å². The van der Waals surface area contributed by atoms with E-state index in [-0.39, 0.29) is 5.82 Å². The molecule has 1 heterocycles. The second-order valence-electron chi connectivity index (χ2n) is 4.95. The molecule has 0 fully saturated rings. The molecule has 0 unspecified atom stereocenters. The van der Waals surface area contributed by atoms with Gasteiger partial charge in [-0.2, -0.15) is 5.10 Å². The fraction of sp³-hybridized carbons (Fsp3) is 0.118. The molecule has 2 aromatic carbocycles. The van der Waals surface area contributed by atoms with Gasteiger partial charge in [-0.25, -0.2) is 9.07 Å². The molecule has 0 amide bonds. The Hall–Kier alpha value is -2.62. The Morgan fingerprint density at radius 2 is 1.95 bits per heavy atom. The predicted octanol–water partition coefficient (Wildman–Crippen LogP) is 3.93. The number of hydrogen-bond acceptors (Lipinski definition) is 2. The molecule has 0 atom stereocenters. The second-order valence-corrected chi connectivity index (χ2v) is 4.95. The number of benzene rings is 2. The smallest absolute Gasteiger partial charge is 0.146 e. The average Bonchev–Trinajstić information content (AvgIpc) is 3.01. The summed E-state index contributed by atoms with van der Waals surface area (Å²) in [6.07, 6.45) is 3.64. The first-order valence-electron chi connectivity index (χ1n) is 6.81. The van der Waals surface area contributed by atoms with E-state index in [0.29, 0.717) is 12.2 Å². The first-order chi connectivity index (χ1) is 10.2. The third-order valence-electron chi connectivity index (χ3n) is 3.31. The van der Waals surface area contributed by atoms with Crippen molar-refractivity contribution in [3.05, 3.63) is 77.9 Å². The molecule has 1 N–H and O–H groups in total. The monoisotopic (exact) mass is 281 g/mol. The lowest BCUT2D eigenvalue weighted by Gasteiger charge is -2.09. The molecular weight excluding hydrogens is 265 g/mol. The minimum absolute atomic E-state index is 0.219. The van der Waals surface area contributed by atoms with E-state index in [1.165, 1.54) is 6.07 Å². The number of rotatable bonds is 4. The van der Waals surface area contributed by atoms with Gasteiger partial charge >= 0.3 is 0 Å². The van der Waals surface area contributed by atoms with Gasteiger partial charge in [0.05, 0.1) is 11.4 Å². The highest BCUT2D eigenvalue weighted by Crippen LogP contribution is 2.17. The molecule has 0 bridgehead atoms. The van der Waals surface area contributed by atoms with E-state index in [4.69, 9.17) is 0 Å². The normalized spacial score (nSPS) is 10.6.